The molecule has 0 saturated heterocycles. The Bertz CT molecular complexity index is 401. The number of amides is 1. The lowest BCUT2D eigenvalue weighted by molar-refractivity contribution is 0.1000. The molecule has 0 radical (unpaired) electrons. The van der Waals surface area contributed by atoms with Crippen molar-refractivity contribution < 1.29 is 4.79 Å². The zero-order valence-corrected chi connectivity index (χ0v) is 11.4. The second kappa shape index (κ2) is 5.32. The van der Waals surface area contributed by atoms with Crippen LogP contribution in [0.1, 0.15) is 34.0 Å². The molecule has 1 rings (SSSR count). The molecule has 1 atom stereocenters. The summed E-state index contributed by atoms with van der Waals surface area (Å²) in [5.41, 5.74) is 9.51. The van der Waals surface area contributed by atoms with E-state index in [1.807, 2.05) is 26.0 Å². The van der Waals surface area contributed by atoms with E-state index in [0.29, 0.717) is 11.6 Å². The van der Waals surface area contributed by atoms with Crippen molar-refractivity contribution in [3.8, 4) is 0 Å². The van der Waals surface area contributed by atoms with Crippen LogP contribution in [0.25, 0.3) is 0 Å². The molecule has 94 valence electrons. The summed E-state index contributed by atoms with van der Waals surface area (Å²) in [6.07, 6.45) is 0.990. The Morgan fingerprint density at radius 2 is 1.76 bits per heavy atom. The van der Waals surface area contributed by atoms with Crippen LogP contribution in [-0.4, -0.2) is 30.9 Å². The minimum absolute atomic E-state index is 0.358. The molecular formula is C14H22N2O. The van der Waals surface area contributed by atoms with Gasteiger partial charge in [0.1, 0.15) is 0 Å². The average Bonchev–Trinajstić information content (AvgIpc) is 2.22. The molecule has 17 heavy (non-hydrogen) atoms. The lowest BCUT2D eigenvalue weighted by atomic mass is 9.94. The Balaban J connectivity index is 3.06. The van der Waals surface area contributed by atoms with Gasteiger partial charge in [-0.1, -0.05) is 0 Å². The second-order valence-electron chi connectivity index (χ2n) is 4.97. The maximum atomic E-state index is 11.2. The zero-order valence-electron chi connectivity index (χ0n) is 11.4. The maximum absolute atomic E-state index is 11.2. The van der Waals surface area contributed by atoms with Gasteiger partial charge in [0.15, 0.2) is 0 Å². The van der Waals surface area contributed by atoms with Crippen LogP contribution in [0.15, 0.2) is 12.1 Å². The van der Waals surface area contributed by atoms with E-state index in [0.717, 1.165) is 17.5 Å². The number of primary amides is 1. The molecule has 0 aliphatic rings. The molecule has 0 aromatic heterocycles. The number of likely N-dealkylation sites (N-methyl/N-ethyl adjacent to an activating group) is 1. The summed E-state index contributed by atoms with van der Waals surface area (Å²) in [6, 6.07) is 4.24. The Labute approximate surface area is 104 Å². The molecule has 0 saturated carbocycles. The summed E-state index contributed by atoms with van der Waals surface area (Å²) in [6.45, 7) is 6.27. The van der Waals surface area contributed by atoms with Gasteiger partial charge < -0.3 is 10.6 Å². The highest BCUT2D eigenvalue weighted by atomic mass is 16.1. The summed E-state index contributed by atoms with van der Waals surface area (Å²) < 4.78 is 0. The fourth-order valence-corrected chi connectivity index (χ4v) is 1.94. The fourth-order valence-electron chi connectivity index (χ4n) is 1.94. The highest BCUT2D eigenvalue weighted by Crippen LogP contribution is 2.19. The van der Waals surface area contributed by atoms with E-state index in [2.05, 4.69) is 25.9 Å². The molecule has 0 aliphatic heterocycles. The van der Waals surface area contributed by atoms with Crippen molar-refractivity contribution in [2.45, 2.75) is 33.2 Å². The minimum atomic E-state index is -0.358. The molecule has 0 fully saturated rings. The number of rotatable bonds is 4. The number of nitrogens with two attached hydrogens (primary N) is 1. The standard InChI is InChI=1S/C14H22N2O/c1-9-6-12(14(15)17)7-10(2)13(9)8-11(3)16(4)5/h6-7,11H,8H2,1-5H3,(H2,15,17). The molecule has 3 heteroatoms. The molecule has 1 aromatic rings. The van der Waals surface area contributed by atoms with E-state index in [-0.39, 0.29) is 5.91 Å². The van der Waals surface area contributed by atoms with Crippen molar-refractivity contribution in [1.82, 2.24) is 4.90 Å². The van der Waals surface area contributed by atoms with Gasteiger partial charge in [0.05, 0.1) is 0 Å². The predicted octanol–water partition coefficient (Wildman–Crippen LogP) is 1.89. The first-order chi connectivity index (χ1) is 7.82. The molecule has 1 amide bonds. The van der Waals surface area contributed by atoms with Crippen molar-refractivity contribution in [1.29, 1.82) is 0 Å². The number of carbonyl (C=O) groups excluding carboxylic acids is 1. The lowest BCUT2D eigenvalue weighted by Crippen LogP contribution is -2.27. The molecule has 0 bridgehead atoms. The Morgan fingerprint density at radius 1 is 1.29 bits per heavy atom. The third-order valence-corrected chi connectivity index (χ3v) is 3.36. The van der Waals surface area contributed by atoms with Gasteiger partial charge in [-0.05, 0) is 70.1 Å². The van der Waals surface area contributed by atoms with E-state index >= 15 is 0 Å². The summed E-state index contributed by atoms with van der Waals surface area (Å²) in [5.74, 6) is -0.358. The maximum Gasteiger partial charge on any atom is 0.248 e. The molecule has 0 aliphatic carbocycles. The molecule has 0 spiro atoms. The van der Waals surface area contributed by atoms with Gasteiger partial charge in [-0.3, -0.25) is 4.79 Å². The van der Waals surface area contributed by atoms with Gasteiger partial charge in [-0.15, -0.1) is 0 Å². The Hall–Kier alpha value is -1.35. The van der Waals surface area contributed by atoms with Crippen LogP contribution in [-0.2, 0) is 6.42 Å². The number of aryl methyl sites for hydroxylation is 2. The van der Waals surface area contributed by atoms with E-state index < -0.39 is 0 Å². The predicted molar refractivity (Wildman–Crippen MR) is 71.3 cm³/mol. The smallest absolute Gasteiger partial charge is 0.248 e. The monoisotopic (exact) mass is 234 g/mol. The molecule has 2 N–H and O–H groups in total. The normalized spacial score (nSPS) is 12.8. The van der Waals surface area contributed by atoms with E-state index in [1.165, 1.54) is 5.56 Å². The van der Waals surface area contributed by atoms with Crippen LogP contribution in [0.3, 0.4) is 0 Å². The van der Waals surface area contributed by atoms with Gasteiger partial charge in [-0.25, -0.2) is 0 Å². The number of carbonyl (C=O) groups is 1. The van der Waals surface area contributed by atoms with Crippen molar-refractivity contribution >= 4 is 5.91 Å². The summed E-state index contributed by atoms with van der Waals surface area (Å²) in [5, 5.41) is 0. The van der Waals surface area contributed by atoms with Crippen LogP contribution in [0.2, 0.25) is 0 Å². The molecule has 1 aromatic carbocycles. The van der Waals surface area contributed by atoms with E-state index in [9.17, 15) is 4.79 Å². The van der Waals surface area contributed by atoms with E-state index in [4.69, 9.17) is 5.73 Å². The minimum Gasteiger partial charge on any atom is -0.366 e. The van der Waals surface area contributed by atoms with Gasteiger partial charge in [0.2, 0.25) is 5.91 Å². The van der Waals surface area contributed by atoms with Gasteiger partial charge in [0, 0.05) is 11.6 Å². The van der Waals surface area contributed by atoms with Crippen molar-refractivity contribution in [3.63, 3.8) is 0 Å². The summed E-state index contributed by atoms with van der Waals surface area (Å²) in [4.78, 5) is 13.4. The van der Waals surface area contributed by atoms with Crippen LogP contribution in [0.4, 0.5) is 0 Å². The van der Waals surface area contributed by atoms with Crippen molar-refractivity contribution in [2.75, 3.05) is 14.1 Å². The number of nitrogens with zero attached hydrogens (tertiary/aromatic N) is 1. The van der Waals surface area contributed by atoms with Crippen LogP contribution >= 0.6 is 0 Å². The second-order valence-corrected chi connectivity index (χ2v) is 4.97. The highest BCUT2D eigenvalue weighted by Gasteiger charge is 2.12. The van der Waals surface area contributed by atoms with Gasteiger partial charge in [-0.2, -0.15) is 0 Å². The van der Waals surface area contributed by atoms with Gasteiger partial charge in [0.25, 0.3) is 0 Å². The quantitative estimate of drug-likeness (QED) is 0.865. The largest absolute Gasteiger partial charge is 0.366 e. The molecule has 0 heterocycles. The number of hydrogen-bond donors (Lipinski definition) is 1. The first-order valence-corrected chi connectivity index (χ1v) is 5.89. The third-order valence-electron chi connectivity index (χ3n) is 3.36. The van der Waals surface area contributed by atoms with Crippen molar-refractivity contribution in [3.05, 3.63) is 34.4 Å². The molecule has 1 unspecified atom stereocenters. The first-order valence-electron chi connectivity index (χ1n) is 5.89. The fraction of sp³-hybridized carbons (Fsp3) is 0.500. The highest BCUT2D eigenvalue weighted by molar-refractivity contribution is 5.93. The summed E-state index contributed by atoms with van der Waals surface area (Å²) in [7, 11) is 4.15. The SMILES string of the molecule is Cc1cc(C(N)=O)cc(C)c1CC(C)N(C)C. The van der Waals surface area contributed by atoms with Crippen LogP contribution in [0, 0.1) is 13.8 Å². The zero-order chi connectivity index (χ0) is 13.2. The van der Waals surface area contributed by atoms with E-state index in [1.54, 1.807) is 0 Å². The molecular weight excluding hydrogens is 212 g/mol. The summed E-state index contributed by atoms with van der Waals surface area (Å²) >= 11 is 0. The number of hydrogen-bond acceptors (Lipinski definition) is 2. The average molecular weight is 234 g/mol. The first kappa shape index (κ1) is 13.7. The third kappa shape index (κ3) is 3.30. The van der Waals surface area contributed by atoms with Crippen LogP contribution < -0.4 is 5.73 Å². The van der Waals surface area contributed by atoms with Gasteiger partial charge >= 0.3 is 0 Å². The Morgan fingerprint density at radius 3 is 2.12 bits per heavy atom. The number of benzene rings is 1. The van der Waals surface area contributed by atoms with Crippen molar-refractivity contribution in [2.24, 2.45) is 5.73 Å². The molecule has 3 nitrogen and oxygen atoms in total. The lowest BCUT2D eigenvalue weighted by Gasteiger charge is -2.22. The van der Waals surface area contributed by atoms with Crippen LogP contribution in [0.5, 0.6) is 0 Å². The topological polar surface area (TPSA) is 46.3 Å². The Kier molecular flexibility index (Phi) is 4.29.